The zero-order valence-electron chi connectivity index (χ0n) is 19.2. The van der Waals surface area contributed by atoms with Gasteiger partial charge in [0, 0.05) is 6.54 Å². The summed E-state index contributed by atoms with van der Waals surface area (Å²) in [5.41, 5.74) is 1.41. The summed E-state index contributed by atoms with van der Waals surface area (Å²) in [6.07, 6.45) is 0.542. The zero-order chi connectivity index (χ0) is 24.5. The summed E-state index contributed by atoms with van der Waals surface area (Å²) in [5, 5.41) is 5.26. The Morgan fingerprint density at radius 3 is 2.29 bits per heavy atom. The predicted molar refractivity (Wildman–Crippen MR) is 123 cm³/mol. The Morgan fingerprint density at radius 1 is 1.00 bits per heavy atom. The first-order valence-corrected chi connectivity index (χ1v) is 11.1. The fourth-order valence-electron chi connectivity index (χ4n) is 3.74. The summed E-state index contributed by atoms with van der Waals surface area (Å²) < 4.78 is 10.2. The van der Waals surface area contributed by atoms with Gasteiger partial charge < -0.3 is 20.1 Å². The number of hydrogen-bond donors (Lipinski definition) is 2. The summed E-state index contributed by atoms with van der Waals surface area (Å²) in [4.78, 5) is 51.7. The van der Waals surface area contributed by atoms with Crippen molar-refractivity contribution in [2.75, 3.05) is 13.7 Å². The lowest BCUT2D eigenvalue weighted by Crippen LogP contribution is -2.53. The largest absolute Gasteiger partial charge is 0.467 e. The average Bonchev–Trinajstić information content (AvgIpc) is 3.36. The van der Waals surface area contributed by atoms with Crippen molar-refractivity contribution in [1.82, 2.24) is 15.5 Å². The summed E-state index contributed by atoms with van der Waals surface area (Å²) in [7, 11) is 1.24. The Morgan fingerprint density at radius 2 is 1.65 bits per heavy atom. The van der Waals surface area contributed by atoms with Crippen molar-refractivity contribution < 1.29 is 28.7 Å². The number of nitrogens with zero attached hydrogens (tertiary/aromatic N) is 1. The van der Waals surface area contributed by atoms with Crippen molar-refractivity contribution in [3.8, 4) is 0 Å². The highest BCUT2D eigenvalue weighted by Crippen LogP contribution is 2.20. The second-order valence-corrected chi connectivity index (χ2v) is 8.00. The van der Waals surface area contributed by atoms with E-state index in [1.165, 1.54) is 18.9 Å². The molecule has 0 aliphatic carbocycles. The van der Waals surface area contributed by atoms with Crippen LogP contribution in [-0.2, 0) is 30.5 Å². The fourth-order valence-corrected chi connectivity index (χ4v) is 3.74. The Kier molecular flexibility index (Phi) is 8.61. The lowest BCUT2D eigenvalue weighted by atomic mass is 10.1. The van der Waals surface area contributed by atoms with Gasteiger partial charge >= 0.3 is 12.1 Å². The van der Waals surface area contributed by atoms with Crippen molar-refractivity contribution in [3.63, 3.8) is 0 Å². The lowest BCUT2D eigenvalue weighted by molar-refractivity contribution is -0.145. The summed E-state index contributed by atoms with van der Waals surface area (Å²) >= 11 is 0. The molecule has 0 saturated carbocycles. The first kappa shape index (κ1) is 24.8. The topological polar surface area (TPSA) is 114 Å². The van der Waals surface area contributed by atoms with Crippen LogP contribution in [0.5, 0.6) is 0 Å². The number of likely N-dealkylation sites (tertiary alicyclic amines) is 1. The first-order valence-electron chi connectivity index (χ1n) is 11.1. The minimum atomic E-state index is -1.01. The Labute approximate surface area is 198 Å². The molecule has 1 aliphatic heterocycles. The van der Waals surface area contributed by atoms with E-state index < -0.39 is 42.0 Å². The number of carbonyl (C=O) groups excluding carboxylic acids is 4. The Bertz CT molecular complexity index is 998. The number of methoxy groups -OCH3 is 1. The van der Waals surface area contributed by atoms with E-state index in [-0.39, 0.29) is 6.61 Å². The van der Waals surface area contributed by atoms with E-state index >= 15 is 0 Å². The third kappa shape index (κ3) is 6.34. The second kappa shape index (κ2) is 11.8. The number of benzene rings is 2. The molecule has 1 heterocycles. The molecule has 3 amide bonds. The van der Waals surface area contributed by atoms with E-state index in [4.69, 9.17) is 9.47 Å². The molecule has 9 nitrogen and oxygen atoms in total. The van der Waals surface area contributed by atoms with Gasteiger partial charge in [0.05, 0.1) is 7.11 Å². The minimum absolute atomic E-state index is 0.109. The van der Waals surface area contributed by atoms with Crippen LogP contribution in [0.15, 0.2) is 60.7 Å². The maximum atomic E-state index is 12.9. The quantitative estimate of drug-likeness (QED) is 0.576. The number of amides is 3. The van der Waals surface area contributed by atoms with Crippen LogP contribution in [0.25, 0.3) is 0 Å². The van der Waals surface area contributed by atoms with Crippen LogP contribution in [0.3, 0.4) is 0 Å². The van der Waals surface area contributed by atoms with E-state index in [2.05, 4.69) is 10.6 Å². The molecule has 180 valence electrons. The van der Waals surface area contributed by atoms with Crippen LogP contribution in [0.1, 0.15) is 36.9 Å². The van der Waals surface area contributed by atoms with Gasteiger partial charge in [-0.1, -0.05) is 60.7 Å². The second-order valence-electron chi connectivity index (χ2n) is 8.00. The number of nitrogens with one attached hydrogen (secondary N) is 2. The Hall–Kier alpha value is -3.88. The number of ether oxygens (including phenoxy) is 2. The van der Waals surface area contributed by atoms with Gasteiger partial charge in [0.15, 0.2) is 6.04 Å². The average molecular weight is 468 g/mol. The molecule has 3 rings (SSSR count). The first-order chi connectivity index (χ1) is 16.4. The molecule has 2 aromatic carbocycles. The fraction of sp³-hybridized carbons (Fsp3) is 0.360. The van der Waals surface area contributed by atoms with Crippen LogP contribution >= 0.6 is 0 Å². The van der Waals surface area contributed by atoms with Gasteiger partial charge in [-0.25, -0.2) is 9.59 Å². The van der Waals surface area contributed by atoms with Gasteiger partial charge in [-0.15, -0.1) is 0 Å². The SMILES string of the molecule is COC(=O)[C@@H](NC(=O)[C@H](C)NC(=O)[C@@H]1CCCN1C(=O)OCc1ccccc1)c1ccccc1. The van der Waals surface area contributed by atoms with E-state index in [0.717, 1.165) is 5.56 Å². The van der Waals surface area contributed by atoms with Crippen molar-refractivity contribution >= 4 is 23.9 Å². The maximum absolute atomic E-state index is 12.9. The summed E-state index contributed by atoms with van der Waals surface area (Å²) in [6.45, 7) is 2.02. The molecule has 9 heteroatoms. The standard InChI is InChI=1S/C25H29N3O6/c1-17(22(29)27-21(24(31)33-2)19-12-7-4-8-13-19)26-23(30)20-14-9-15-28(20)25(32)34-16-18-10-5-3-6-11-18/h3-8,10-13,17,20-21H,9,14-16H2,1-2H3,(H,26,30)(H,27,29)/t17-,20-,21-/m0/s1. The zero-order valence-corrected chi connectivity index (χ0v) is 19.2. The molecule has 0 aromatic heterocycles. The van der Waals surface area contributed by atoms with Crippen LogP contribution in [0.2, 0.25) is 0 Å². The molecule has 1 saturated heterocycles. The summed E-state index contributed by atoms with van der Waals surface area (Å²) in [6, 6.07) is 15.3. The molecule has 2 aromatic rings. The molecule has 0 spiro atoms. The molecular formula is C25H29N3O6. The molecular weight excluding hydrogens is 438 g/mol. The van der Waals surface area contributed by atoms with Gasteiger partial charge in [-0.3, -0.25) is 14.5 Å². The third-order valence-corrected chi connectivity index (χ3v) is 5.60. The van der Waals surface area contributed by atoms with Crippen molar-refractivity contribution in [3.05, 3.63) is 71.8 Å². The number of hydrogen-bond acceptors (Lipinski definition) is 6. The number of rotatable bonds is 8. The van der Waals surface area contributed by atoms with Crippen LogP contribution in [0.4, 0.5) is 4.79 Å². The Balaban J connectivity index is 1.57. The van der Waals surface area contributed by atoms with Crippen LogP contribution in [-0.4, -0.2) is 54.5 Å². The number of carbonyl (C=O) groups is 4. The molecule has 0 unspecified atom stereocenters. The maximum Gasteiger partial charge on any atom is 0.410 e. The van der Waals surface area contributed by atoms with Crippen molar-refractivity contribution in [2.24, 2.45) is 0 Å². The molecule has 34 heavy (non-hydrogen) atoms. The van der Waals surface area contributed by atoms with Crippen LogP contribution in [0, 0.1) is 0 Å². The smallest absolute Gasteiger partial charge is 0.410 e. The molecule has 1 fully saturated rings. The normalized spacial score (nSPS) is 16.8. The van der Waals surface area contributed by atoms with Gasteiger partial charge in [0.2, 0.25) is 11.8 Å². The van der Waals surface area contributed by atoms with E-state index in [0.29, 0.717) is 24.9 Å². The minimum Gasteiger partial charge on any atom is -0.467 e. The molecule has 0 radical (unpaired) electrons. The van der Waals surface area contributed by atoms with E-state index in [1.807, 2.05) is 30.3 Å². The molecule has 2 N–H and O–H groups in total. The molecule has 3 atom stereocenters. The third-order valence-electron chi connectivity index (χ3n) is 5.60. The van der Waals surface area contributed by atoms with Crippen LogP contribution < -0.4 is 10.6 Å². The van der Waals surface area contributed by atoms with E-state index in [9.17, 15) is 19.2 Å². The van der Waals surface area contributed by atoms with E-state index in [1.54, 1.807) is 30.3 Å². The highest BCUT2D eigenvalue weighted by Gasteiger charge is 2.36. The lowest BCUT2D eigenvalue weighted by Gasteiger charge is -2.25. The monoisotopic (exact) mass is 467 g/mol. The highest BCUT2D eigenvalue weighted by atomic mass is 16.6. The van der Waals surface area contributed by atoms with Crippen molar-refractivity contribution in [2.45, 2.75) is 44.5 Å². The van der Waals surface area contributed by atoms with Gasteiger partial charge in [0.25, 0.3) is 0 Å². The van der Waals surface area contributed by atoms with Gasteiger partial charge in [0.1, 0.15) is 18.7 Å². The molecule has 1 aliphatic rings. The predicted octanol–water partition coefficient (Wildman–Crippen LogP) is 2.32. The highest BCUT2D eigenvalue weighted by molar-refractivity contribution is 5.93. The molecule has 0 bridgehead atoms. The number of esters is 1. The van der Waals surface area contributed by atoms with Gasteiger partial charge in [-0.2, -0.15) is 0 Å². The van der Waals surface area contributed by atoms with Gasteiger partial charge in [-0.05, 0) is 30.9 Å². The summed E-state index contributed by atoms with van der Waals surface area (Å²) in [5.74, 6) is -1.63. The van der Waals surface area contributed by atoms with Crippen molar-refractivity contribution in [1.29, 1.82) is 0 Å².